The van der Waals surface area contributed by atoms with Crippen molar-refractivity contribution in [3.63, 3.8) is 0 Å². The molecule has 196 valence electrons. The molecule has 2 rings (SSSR count). The van der Waals surface area contributed by atoms with Crippen LogP contribution < -0.4 is 5.32 Å². The first-order valence-electron chi connectivity index (χ1n) is 12.0. The zero-order valence-electron chi connectivity index (χ0n) is 21.7. The van der Waals surface area contributed by atoms with Crippen LogP contribution in [0.15, 0.2) is 64.8 Å². The SMILES string of the molecule is CCCC/C(=N/C(C)=C(\C=O)CC(=O)OC)N(C)Cc1ccc(-c2ccccc2C(=N)NC(=O)O)cc1. The molecular weight excluding hydrogens is 472 g/mol. The Hall–Kier alpha value is -4.27. The van der Waals surface area contributed by atoms with Crippen LogP contribution in [0.3, 0.4) is 0 Å². The number of hydrogen-bond acceptors (Lipinski definition) is 6. The Balaban J connectivity index is 2.28. The Morgan fingerprint density at radius 1 is 1.16 bits per heavy atom. The second-order valence-electron chi connectivity index (χ2n) is 8.52. The molecule has 37 heavy (non-hydrogen) atoms. The molecule has 0 aliphatic carbocycles. The molecule has 0 aliphatic heterocycles. The number of ether oxygens (including phenoxy) is 1. The Morgan fingerprint density at radius 2 is 1.84 bits per heavy atom. The van der Waals surface area contributed by atoms with Gasteiger partial charge in [0.05, 0.1) is 13.5 Å². The van der Waals surface area contributed by atoms with E-state index in [-0.39, 0.29) is 12.3 Å². The van der Waals surface area contributed by atoms with Gasteiger partial charge in [-0.2, -0.15) is 0 Å². The summed E-state index contributed by atoms with van der Waals surface area (Å²) in [5, 5.41) is 19.1. The number of carbonyl (C=O) groups excluding carboxylic acids is 2. The van der Waals surface area contributed by atoms with Crippen LogP contribution in [0.25, 0.3) is 11.1 Å². The van der Waals surface area contributed by atoms with Crippen molar-refractivity contribution in [1.29, 1.82) is 5.41 Å². The number of aliphatic imine (C=N–C) groups is 1. The number of allylic oxidation sites excluding steroid dienone is 1. The van der Waals surface area contributed by atoms with E-state index in [0.29, 0.717) is 29.7 Å². The molecule has 9 heteroatoms. The summed E-state index contributed by atoms with van der Waals surface area (Å²) in [4.78, 5) is 40.9. The monoisotopic (exact) mass is 506 g/mol. The molecule has 0 heterocycles. The molecule has 0 atom stereocenters. The number of hydrogen-bond donors (Lipinski definition) is 3. The molecule has 0 unspecified atom stereocenters. The predicted molar refractivity (Wildman–Crippen MR) is 144 cm³/mol. The summed E-state index contributed by atoms with van der Waals surface area (Å²) in [5.41, 5.74) is 3.90. The van der Waals surface area contributed by atoms with Gasteiger partial charge in [0.25, 0.3) is 0 Å². The third-order valence-electron chi connectivity index (χ3n) is 5.77. The lowest BCUT2D eigenvalue weighted by Crippen LogP contribution is -2.29. The largest absolute Gasteiger partial charge is 0.469 e. The number of nitrogens with zero attached hydrogens (tertiary/aromatic N) is 2. The highest BCUT2D eigenvalue weighted by Gasteiger charge is 2.14. The van der Waals surface area contributed by atoms with Crippen LogP contribution in [0, 0.1) is 5.41 Å². The maximum atomic E-state index is 11.6. The van der Waals surface area contributed by atoms with E-state index >= 15 is 0 Å². The molecule has 0 bridgehead atoms. The highest BCUT2D eigenvalue weighted by Crippen LogP contribution is 2.25. The average Bonchev–Trinajstić information content (AvgIpc) is 2.89. The molecule has 1 amide bonds. The van der Waals surface area contributed by atoms with E-state index < -0.39 is 12.1 Å². The molecule has 0 saturated carbocycles. The van der Waals surface area contributed by atoms with E-state index in [0.717, 1.165) is 41.8 Å². The van der Waals surface area contributed by atoms with Crippen molar-refractivity contribution in [3.8, 4) is 11.1 Å². The Labute approximate surface area is 217 Å². The number of carbonyl (C=O) groups is 3. The number of amidine groups is 2. The summed E-state index contributed by atoms with van der Waals surface area (Å²) < 4.78 is 4.68. The van der Waals surface area contributed by atoms with Gasteiger partial charge in [-0.25, -0.2) is 9.79 Å². The topological polar surface area (TPSA) is 132 Å². The van der Waals surface area contributed by atoms with Gasteiger partial charge in [-0.3, -0.25) is 20.3 Å². The van der Waals surface area contributed by atoms with Gasteiger partial charge in [0.2, 0.25) is 0 Å². The van der Waals surface area contributed by atoms with Gasteiger partial charge in [-0.15, -0.1) is 0 Å². The Morgan fingerprint density at radius 3 is 2.43 bits per heavy atom. The highest BCUT2D eigenvalue weighted by molar-refractivity contribution is 6.08. The van der Waals surface area contributed by atoms with Gasteiger partial charge in [0.15, 0.2) is 0 Å². The maximum absolute atomic E-state index is 11.6. The van der Waals surface area contributed by atoms with Crippen molar-refractivity contribution < 1.29 is 24.2 Å². The molecule has 0 fully saturated rings. The van der Waals surface area contributed by atoms with Crippen molar-refractivity contribution in [2.45, 2.75) is 46.1 Å². The number of unbranched alkanes of at least 4 members (excludes halogenated alkanes) is 1. The van der Waals surface area contributed by atoms with Gasteiger partial charge >= 0.3 is 12.1 Å². The van der Waals surface area contributed by atoms with Crippen molar-refractivity contribution in [3.05, 3.63) is 70.9 Å². The average molecular weight is 507 g/mol. The molecule has 0 saturated heterocycles. The second-order valence-corrected chi connectivity index (χ2v) is 8.52. The lowest BCUT2D eigenvalue weighted by molar-refractivity contribution is -0.140. The van der Waals surface area contributed by atoms with Crippen molar-refractivity contribution in [2.75, 3.05) is 14.2 Å². The third kappa shape index (κ3) is 8.71. The summed E-state index contributed by atoms with van der Waals surface area (Å²) in [7, 11) is 3.22. The molecule has 9 nitrogen and oxygen atoms in total. The van der Waals surface area contributed by atoms with E-state index in [2.05, 4.69) is 17.0 Å². The quantitative estimate of drug-likeness (QED) is 0.129. The lowest BCUT2D eigenvalue weighted by atomic mass is 9.98. The molecule has 0 aromatic heterocycles. The minimum absolute atomic E-state index is 0.123. The number of benzene rings is 2. The van der Waals surface area contributed by atoms with Crippen LogP contribution in [0.5, 0.6) is 0 Å². The van der Waals surface area contributed by atoms with E-state index in [1.165, 1.54) is 7.11 Å². The minimum Gasteiger partial charge on any atom is -0.469 e. The summed E-state index contributed by atoms with van der Waals surface area (Å²) in [6.07, 6.45) is 1.87. The fourth-order valence-electron chi connectivity index (χ4n) is 3.70. The first-order chi connectivity index (χ1) is 17.7. The summed E-state index contributed by atoms with van der Waals surface area (Å²) in [6.45, 7) is 4.38. The van der Waals surface area contributed by atoms with Gasteiger partial charge < -0.3 is 14.7 Å². The summed E-state index contributed by atoms with van der Waals surface area (Å²) in [5.74, 6) is 0.135. The highest BCUT2D eigenvalue weighted by atomic mass is 16.5. The predicted octanol–water partition coefficient (Wildman–Crippen LogP) is 5.00. The van der Waals surface area contributed by atoms with Gasteiger partial charge in [-0.05, 0) is 30.0 Å². The first kappa shape index (κ1) is 29.0. The maximum Gasteiger partial charge on any atom is 0.410 e. The van der Waals surface area contributed by atoms with Gasteiger partial charge in [0.1, 0.15) is 18.0 Å². The molecule has 0 radical (unpaired) electrons. The van der Waals surface area contributed by atoms with Crippen LogP contribution in [0.2, 0.25) is 0 Å². The Kier molecular flexibility index (Phi) is 11.2. The van der Waals surface area contributed by atoms with E-state index in [9.17, 15) is 14.4 Å². The van der Waals surface area contributed by atoms with Crippen LogP contribution in [0.1, 0.15) is 50.7 Å². The number of amides is 1. The van der Waals surface area contributed by atoms with Crippen LogP contribution in [-0.2, 0) is 20.9 Å². The summed E-state index contributed by atoms with van der Waals surface area (Å²) in [6, 6.07) is 15.0. The number of rotatable bonds is 11. The van der Waals surface area contributed by atoms with Gasteiger partial charge in [0, 0.05) is 36.8 Å². The second kappa shape index (κ2) is 14.3. The smallest absolute Gasteiger partial charge is 0.410 e. The zero-order chi connectivity index (χ0) is 27.4. The van der Waals surface area contributed by atoms with Gasteiger partial charge in [-0.1, -0.05) is 61.9 Å². The minimum atomic E-state index is -1.28. The number of methoxy groups -OCH3 is 1. The molecule has 0 aliphatic rings. The van der Waals surface area contributed by atoms with E-state index in [1.54, 1.807) is 19.1 Å². The van der Waals surface area contributed by atoms with Crippen LogP contribution in [0.4, 0.5) is 4.79 Å². The van der Waals surface area contributed by atoms with Crippen molar-refractivity contribution >= 4 is 30.0 Å². The molecule has 2 aromatic carbocycles. The standard InChI is InChI=1S/C28H34N4O5/c1-5-6-11-25(30-19(2)22(18-33)16-26(34)37-4)32(3)17-20-12-14-21(15-13-20)23-9-7-8-10-24(23)27(29)31-28(35)36/h7-10,12-15,18H,5-6,11,16-17H2,1-4H3,(H2,29,31)(H,35,36)/b22-19-,30-25-. The lowest BCUT2D eigenvalue weighted by Gasteiger charge is -2.22. The number of esters is 1. The fourth-order valence-corrected chi connectivity index (χ4v) is 3.70. The normalized spacial score (nSPS) is 11.8. The van der Waals surface area contributed by atoms with E-state index in [1.807, 2.05) is 48.3 Å². The molecule has 3 N–H and O–H groups in total. The van der Waals surface area contributed by atoms with Crippen LogP contribution >= 0.6 is 0 Å². The molecular formula is C28H34N4O5. The van der Waals surface area contributed by atoms with E-state index in [4.69, 9.17) is 15.5 Å². The van der Waals surface area contributed by atoms with Crippen LogP contribution in [-0.4, -0.2) is 54.2 Å². The Bertz CT molecular complexity index is 1190. The summed E-state index contributed by atoms with van der Waals surface area (Å²) >= 11 is 0. The van der Waals surface area contributed by atoms with Crippen molar-refractivity contribution in [1.82, 2.24) is 10.2 Å². The molecule has 0 spiro atoms. The number of aldehydes is 1. The van der Waals surface area contributed by atoms with Crippen molar-refractivity contribution in [2.24, 2.45) is 4.99 Å². The number of carboxylic acid groups (broad SMARTS) is 1. The fraction of sp³-hybridized carbons (Fsp3) is 0.321. The molecule has 2 aromatic rings. The number of nitrogens with one attached hydrogen (secondary N) is 2. The third-order valence-corrected chi connectivity index (χ3v) is 5.77. The zero-order valence-corrected chi connectivity index (χ0v) is 21.7. The first-order valence-corrected chi connectivity index (χ1v) is 12.0.